The third kappa shape index (κ3) is 3.50. The van der Waals surface area contributed by atoms with Crippen LogP contribution in [0.3, 0.4) is 0 Å². The van der Waals surface area contributed by atoms with E-state index < -0.39 is 0 Å². The van der Waals surface area contributed by atoms with Crippen molar-refractivity contribution in [1.29, 1.82) is 0 Å². The molecule has 1 unspecified atom stereocenters. The molecule has 1 aromatic heterocycles. The van der Waals surface area contributed by atoms with Crippen LogP contribution in [0.2, 0.25) is 0 Å². The monoisotopic (exact) mass is 195 g/mol. The molecule has 0 aliphatic heterocycles. The van der Waals surface area contributed by atoms with Crippen molar-refractivity contribution in [3.8, 4) is 0 Å². The van der Waals surface area contributed by atoms with Crippen LogP contribution in [0.4, 0.5) is 0 Å². The molecular weight excluding hydrogens is 174 g/mol. The molecule has 1 rings (SSSR count). The number of rotatable bonds is 5. The zero-order chi connectivity index (χ0) is 10.6. The highest BCUT2D eigenvalue weighted by Gasteiger charge is 2.06. The van der Waals surface area contributed by atoms with E-state index in [0.29, 0.717) is 6.04 Å². The minimum atomic E-state index is 0.405. The summed E-state index contributed by atoms with van der Waals surface area (Å²) < 4.78 is 1.84. The Balaban J connectivity index is 2.32. The van der Waals surface area contributed by atoms with Gasteiger partial charge in [-0.1, -0.05) is 13.8 Å². The number of aromatic nitrogens is 2. The van der Waals surface area contributed by atoms with Crippen molar-refractivity contribution in [2.45, 2.75) is 33.2 Å². The fourth-order valence-corrected chi connectivity index (χ4v) is 1.37. The molecule has 0 saturated heterocycles. The molecule has 0 saturated carbocycles. The topological polar surface area (TPSA) is 29.9 Å². The summed E-state index contributed by atoms with van der Waals surface area (Å²) in [5.74, 6) is 0.767. The summed E-state index contributed by atoms with van der Waals surface area (Å²) in [5.41, 5.74) is 1.26. The molecule has 0 aromatic carbocycles. The van der Waals surface area contributed by atoms with Crippen LogP contribution in [-0.4, -0.2) is 16.3 Å². The van der Waals surface area contributed by atoms with E-state index in [1.165, 1.54) is 12.0 Å². The predicted octanol–water partition coefficient (Wildman–Crippen LogP) is 2.12. The lowest BCUT2D eigenvalue weighted by molar-refractivity contribution is 0.497. The van der Waals surface area contributed by atoms with E-state index in [-0.39, 0.29) is 0 Å². The van der Waals surface area contributed by atoms with E-state index in [4.69, 9.17) is 0 Å². The number of aryl methyl sites for hydroxylation is 1. The van der Waals surface area contributed by atoms with E-state index in [9.17, 15) is 0 Å². The fraction of sp³-hybridized carbons (Fsp3) is 0.727. The van der Waals surface area contributed by atoms with Crippen molar-refractivity contribution >= 4 is 0 Å². The molecule has 0 amide bonds. The third-order valence-electron chi connectivity index (χ3n) is 2.40. The van der Waals surface area contributed by atoms with Crippen LogP contribution in [-0.2, 0) is 7.05 Å². The van der Waals surface area contributed by atoms with Crippen molar-refractivity contribution in [2.24, 2.45) is 13.0 Å². The van der Waals surface area contributed by atoms with Gasteiger partial charge in [0.2, 0.25) is 0 Å². The van der Waals surface area contributed by atoms with Gasteiger partial charge in [0.25, 0.3) is 0 Å². The summed E-state index contributed by atoms with van der Waals surface area (Å²) in [4.78, 5) is 0. The predicted molar refractivity (Wildman–Crippen MR) is 59.1 cm³/mol. The lowest BCUT2D eigenvalue weighted by Crippen LogP contribution is -2.20. The van der Waals surface area contributed by atoms with E-state index >= 15 is 0 Å². The Labute approximate surface area is 86.5 Å². The highest BCUT2D eigenvalue weighted by atomic mass is 15.2. The maximum absolute atomic E-state index is 4.16. The molecule has 3 heteroatoms. The lowest BCUT2D eigenvalue weighted by Gasteiger charge is -2.12. The Hall–Kier alpha value is -0.830. The third-order valence-corrected chi connectivity index (χ3v) is 2.40. The first-order valence-electron chi connectivity index (χ1n) is 5.31. The minimum absolute atomic E-state index is 0.405. The van der Waals surface area contributed by atoms with E-state index in [2.05, 4.69) is 37.4 Å². The second-order valence-electron chi connectivity index (χ2n) is 4.31. The summed E-state index contributed by atoms with van der Waals surface area (Å²) in [6.45, 7) is 7.75. The smallest absolute Gasteiger partial charge is 0.0537 e. The largest absolute Gasteiger partial charge is 0.310 e. The quantitative estimate of drug-likeness (QED) is 0.780. The SMILES string of the molecule is CC(C)CCNC(C)c1cnn(C)c1. The molecule has 0 radical (unpaired) electrons. The zero-order valence-electron chi connectivity index (χ0n) is 9.62. The fourth-order valence-electron chi connectivity index (χ4n) is 1.37. The maximum atomic E-state index is 4.16. The normalized spacial score (nSPS) is 13.5. The Kier molecular flexibility index (Phi) is 4.14. The van der Waals surface area contributed by atoms with E-state index in [1.807, 2.05) is 17.9 Å². The Morgan fingerprint density at radius 1 is 1.43 bits per heavy atom. The summed E-state index contributed by atoms with van der Waals surface area (Å²) in [7, 11) is 1.95. The molecule has 0 aliphatic rings. The molecule has 1 atom stereocenters. The van der Waals surface area contributed by atoms with E-state index in [1.54, 1.807) is 0 Å². The van der Waals surface area contributed by atoms with Gasteiger partial charge in [-0.25, -0.2) is 0 Å². The van der Waals surface area contributed by atoms with Gasteiger partial charge in [-0.3, -0.25) is 4.68 Å². The van der Waals surface area contributed by atoms with Gasteiger partial charge in [0, 0.05) is 24.8 Å². The van der Waals surface area contributed by atoms with Crippen LogP contribution in [0.1, 0.15) is 38.8 Å². The van der Waals surface area contributed by atoms with Gasteiger partial charge in [-0.2, -0.15) is 5.10 Å². The van der Waals surface area contributed by atoms with Gasteiger partial charge in [0.1, 0.15) is 0 Å². The van der Waals surface area contributed by atoms with Crippen LogP contribution in [0.25, 0.3) is 0 Å². The lowest BCUT2D eigenvalue weighted by atomic mass is 10.1. The number of nitrogens with zero attached hydrogens (tertiary/aromatic N) is 2. The second kappa shape index (κ2) is 5.15. The molecule has 1 heterocycles. The van der Waals surface area contributed by atoms with Crippen LogP contribution < -0.4 is 5.32 Å². The van der Waals surface area contributed by atoms with Gasteiger partial charge in [0.05, 0.1) is 6.20 Å². The van der Waals surface area contributed by atoms with Crippen LogP contribution in [0.15, 0.2) is 12.4 Å². The van der Waals surface area contributed by atoms with Crippen LogP contribution in [0, 0.1) is 5.92 Å². The Morgan fingerprint density at radius 3 is 2.64 bits per heavy atom. The molecule has 0 spiro atoms. The Morgan fingerprint density at radius 2 is 2.14 bits per heavy atom. The van der Waals surface area contributed by atoms with Crippen molar-refractivity contribution in [2.75, 3.05) is 6.54 Å². The van der Waals surface area contributed by atoms with Crippen LogP contribution >= 0.6 is 0 Å². The van der Waals surface area contributed by atoms with Crippen molar-refractivity contribution in [3.05, 3.63) is 18.0 Å². The molecule has 1 aromatic rings. The zero-order valence-corrected chi connectivity index (χ0v) is 9.62. The first-order valence-corrected chi connectivity index (χ1v) is 5.31. The number of hydrogen-bond acceptors (Lipinski definition) is 2. The first kappa shape index (κ1) is 11.2. The molecule has 14 heavy (non-hydrogen) atoms. The van der Waals surface area contributed by atoms with Gasteiger partial charge in [0.15, 0.2) is 0 Å². The first-order chi connectivity index (χ1) is 6.59. The molecule has 3 nitrogen and oxygen atoms in total. The molecule has 0 bridgehead atoms. The molecule has 0 fully saturated rings. The minimum Gasteiger partial charge on any atom is -0.310 e. The molecule has 1 N–H and O–H groups in total. The van der Waals surface area contributed by atoms with Crippen LogP contribution in [0.5, 0.6) is 0 Å². The van der Waals surface area contributed by atoms with Crippen molar-refractivity contribution in [1.82, 2.24) is 15.1 Å². The van der Waals surface area contributed by atoms with Crippen molar-refractivity contribution in [3.63, 3.8) is 0 Å². The number of hydrogen-bond donors (Lipinski definition) is 1. The van der Waals surface area contributed by atoms with E-state index in [0.717, 1.165) is 12.5 Å². The highest BCUT2D eigenvalue weighted by Crippen LogP contribution is 2.10. The summed E-state index contributed by atoms with van der Waals surface area (Å²) in [6, 6.07) is 0.405. The highest BCUT2D eigenvalue weighted by molar-refractivity contribution is 5.08. The van der Waals surface area contributed by atoms with Gasteiger partial charge in [-0.15, -0.1) is 0 Å². The Bertz CT molecular complexity index is 265. The average molecular weight is 195 g/mol. The van der Waals surface area contributed by atoms with Crippen molar-refractivity contribution < 1.29 is 0 Å². The summed E-state index contributed by atoms with van der Waals surface area (Å²) >= 11 is 0. The molecule has 0 aliphatic carbocycles. The standard InChI is InChI=1S/C11H21N3/c1-9(2)5-6-12-10(3)11-7-13-14(4)8-11/h7-10,12H,5-6H2,1-4H3. The summed E-state index contributed by atoms with van der Waals surface area (Å²) in [6.07, 6.45) is 5.21. The second-order valence-corrected chi connectivity index (χ2v) is 4.31. The van der Waals surface area contributed by atoms with Gasteiger partial charge in [-0.05, 0) is 25.8 Å². The number of nitrogens with one attached hydrogen (secondary N) is 1. The average Bonchev–Trinajstić information content (AvgIpc) is 2.51. The maximum Gasteiger partial charge on any atom is 0.0537 e. The molecular formula is C11H21N3. The molecule has 80 valence electrons. The van der Waals surface area contributed by atoms with Gasteiger partial charge >= 0.3 is 0 Å². The van der Waals surface area contributed by atoms with Gasteiger partial charge < -0.3 is 5.32 Å². The summed E-state index contributed by atoms with van der Waals surface area (Å²) in [5, 5.41) is 7.65.